The highest BCUT2D eigenvalue weighted by Gasteiger charge is 2.43. The lowest BCUT2D eigenvalue weighted by molar-refractivity contribution is -0.156. The second-order valence-corrected chi connectivity index (χ2v) is 3.58. The molecule has 0 aromatic carbocycles. The van der Waals surface area contributed by atoms with Crippen LogP contribution in [0.25, 0.3) is 0 Å². The maximum absolute atomic E-state index is 11.7. The lowest BCUT2D eigenvalue weighted by Gasteiger charge is -2.28. The van der Waals surface area contributed by atoms with Crippen LogP contribution in [0.5, 0.6) is 0 Å². The molecule has 0 aliphatic heterocycles. The van der Waals surface area contributed by atoms with Crippen molar-refractivity contribution in [2.24, 2.45) is 5.41 Å². The van der Waals surface area contributed by atoms with Gasteiger partial charge in [0.1, 0.15) is 5.41 Å². The van der Waals surface area contributed by atoms with Gasteiger partial charge in [-0.25, -0.2) is 0 Å². The fraction of sp³-hybridized carbons (Fsp3) is 0.600. The highest BCUT2D eigenvalue weighted by Crippen LogP contribution is 2.33. The van der Waals surface area contributed by atoms with E-state index in [0.29, 0.717) is 12.0 Å². The number of ketones is 1. The molecule has 1 atom stereocenters. The van der Waals surface area contributed by atoms with Crippen LogP contribution in [-0.2, 0) is 14.3 Å². The van der Waals surface area contributed by atoms with E-state index < -0.39 is 11.4 Å². The van der Waals surface area contributed by atoms with Crippen LogP contribution in [0.2, 0.25) is 0 Å². The lowest BCUT2D eigenvalue weighted by atomic mass is 9.75. The molecule has 13 heavy (non-hydrogen) atoms. The number of carbonyl (C=O) groups excluding carboxylic acids is 2. The molecule has 0 saturated carbocycles. The van der Waals surface area contributed by atoms with Crippen LogP contribution in [0, 0.1) is 5.41 Å². The third-order valence-electron chi connectivity index (χ3n) is 2.59. The van der Waals surface area contributed by atoms with Crippen LogP contribution in [-0.4, -0.2) is 18.9 Å². The first-order valence-corrected chi connectivity index (χ1v) is 4.32. The highest BCUT2D eigenvalue weighted by molar-refractivity contribution is 6.12. The summed E-state index contributed by atoms with van der Waals surface area (Å²) in [6.45, 7) is 3.39. The zero-order valence-corrected chi connectivity index (χ0v) is 8.22. The van der Waals surface area contributed by atoms with E-state index in [1.54, 1.807) is 13.8 Å². The van der Waals surface area contributed by atoms with Crippen molar-refractivity contribution in [2.45, 2.75) is 26.7 Å². The van der Waals surface area contributed by atoms with Gasteiger partial charge in [-0.3, -0.25) is 9.59 Å². The molecule has 0 saturated heterocycles. The van der Waals surface area contributed by atoms with E-state index in [9.17, 15) is 9.59 Å². The molecule has 1 aliphatic carbocycles. The van der Waals surface area contributed by atoms with E-state index in [1.165, 1.54) is 7.11 Å². The van der Waals surface area contributed by atoms with Crippen LogP contribution >= 0.6 is 0 Å². The Labute approximate surface area is 77.8 Å². The zero-order chi connectivity index (χ0) is 10.1. The number of hydrogen-bond acceptors (Lipinski definition) is 3. The van der Waals surface area contributed by atoms with Gasteiger partial charge in [0.05, 0.1) is 7.11 Å². The Kier molecular flexibility index (Phi) is 2.55. The topological polar surface area (TPSA) is 43.4 Å². The number of carbonyl (C=O) groups is 2. The number of hydrogen-bond donors (Lipinski definition) is 0. The van der Waals surface area contributed by atoms with Gasteiger partial charge in [0.15, 0.2) is 5.78 Å². The summed E-state index contributed by atoms with van der Waals surface area (Å²) in [5, 5.41) is 0. The Morgan fingerprint density at radius 2 is 2.23 bits per heavy atom. The van der Waals surface area contributed by atoms with Gasteiger partial charge in [-0.2, -0.15) is 0 Å². The molecular formula is C10H14O3. The number of esters is 1. The number of methoxy groups -OCH3 is 1. The third kappa shape index (κ3) is 1.50. The fourth-order valence-electron chi connectivity index (χ4n) is 1.64. The van der Waals surface area contributed by atoms with E-state index in [1.807, 2.05) is 6.08 Å². The summed E-state index contributed by atoms with van der Waals surface area (Å²) >= 11 is 0. The summed E-state index contributed by atoms with van der Waals surface area (Å²) in [6.07, 6.45) is 3.19. The molecule has 3 nitrogen and oxygen atoms in total. The first kappa shape index (κ1) is 9.96. The molecule has 0 fully saturated rings. The van der Waals surface area contributed by atoms with Crippen molar-refractivity contribution in [3.05, 3.63) is 11.6 Å². The SMILES string of the molecule is COC(=O)C1(C)CCC=C(C)C1=O. The predicted molar refractivity (Wildman–Crippen MR) is 48.1 cm³/mol. The standard InChI is InChI=1S/C10H14O3/c1-7-5-4-6-10(2,8(7)11)9(12)13-3/h5H,4,6H2,1-3H3. The van der Waals surface area contributed by atoms with Crippen LogP contribution in [0.1, 0.15) is 26.7 Å². The molecule has 0 amide bonds. The number of rotatable bonds is 1. The van der Waals surface area contributed by atoms with E-state index in [0.717, 1.165) is 6.42 Å². The fourth-order valence-corrected chi connectivity index (χ4v) is 1.64. The van der Waals surface area contributed by atoms with Crippen LogP contribution in [0.15, 0.2) is 11.6 Å². The van der Waals surface area contributed by atoms with E-state index in [2.05, 4.69) is 4.74 Å². The first-order chi connectivity index (χ1) is 6.02. The smallest absolute Gasteiger partial charge is 0.319 e. The van der Waals surface area contributed by atoms with Crippen LogP contribution in [0.4, 0.5) is 0 Å². The predicted octanol–water partition coefficient (Wildman–Crippen LogP) is 1.47. The van der Waals surface area contributed by atoms with Gasteiger partial charge in [-0.15, -0.1) is 0 Å². The van der Waals surface area contributed by atoms with Gasteiger partial charge in [0.25, 0.3) is 0 Å². The average molecular weight is 182 g/mol. The molecule has 0 spiro atoms. The van der Waals surface area contributed by atoms with E-state index >= 15 is 0 Å². The quantitative estimate of drug-likeness (QED) is 0.455. The Morgan fingerprint density at radius 3 is 2.77 bits per heavy atom. The Balaban J connectivity index is 2.99. The van der Waals surface area contributed by atoms with Crippen molar-refractivity contribution in [3.63, 3.8) is 0 Å². The molecular weight excluding hydrogens is 168 g/mol. The average Bonchev–Trinajstić information content (AvgIpc) is 2.13. The molecule has 1 unspecified atom stereocenters. The lowest BCUT2D eigenvalue weighted by Crippen LogP contribution is -2.39. The van der Waals surface area contributed by atoms with Crippen LogP contribution in [0.3, 0.4) is 0 Å². The highest BCUT2D eigenvalue weighted by atomic mass is 16.5. The van der Waals surface area contributed by atoms with Crippen molar-refractivity contribution < 1.29 is 14.3 Å². The second-order valence-electron chi connectivity index (χ2n) is 3.58. The summed E-state index contributed by atoms with van der Waals surface area (Å²) in [5.74, 6) is -0.532. The van der Waals surface area contributed by atoms with Crippen molar-refractivity contribution in [1.82, 2.24) is 0 Å². The molecule has 0 heterocycles. The second kappa shape index (κ2) is 3.32. The van der Waals surface area contributed by atoms with Gasteiger partial charge in [0, 0.05) is 0 Å². The molecule has 0 bridgehead atoms. The number of Topliss-reactive ketones (excluding diaryl/α,β-unsaturated/α-hetero) is 1. The van der Waals surface area contributed by atoms with Crippen LogP contribution < -0.4 is 0 Å². The van der Waals surface area contributed by atoms with Gasteiger partial charge in [0.2, 0.25) is 0 Å². The summed E-state index contributed by atoms with van der Waals surface area (Å²) in [5.41, 5.74) is -0.285. The Hall–Kier alpha value is -1.12. The molecule has 3 heteroatoms. The summed E-state index contributed by atoms with van der Waals surface area (Å²) < 4.78 is 4.62. The summed E-state index contributed by atoms with van der Waals surface area (Å²) in [4.78, 5) is 23.1. The normalized spacial score (nSPS) is 28.2. The van der Waals surface area contributed by atoms with Crippen molar-refractivity contribution in [2.75, 3.05) is 7.11 Å². The zero-order valence-electron chi connectivity index (χ0n) is 8.22. The molecule has 0 aromatic heterocycles. The minimum absolute atomic E-state index is 0.106. The maximum Gasteiger partial charge on any atom is 0.319 e. The van der Waals surface area contributed by atoms with Gasteiger partial charge in [-0.1, -0.05) is 6.08 Å². The molecule has 0 aromatic rings. The van der Waals surface area contributed by atoms with Gasteiger partial charge in [-0.05, 0) is 32.3 Å². The summed E-state index contributed by atoms with van der Waals surface area (Å²) in [6, 6.07) is 0. The minimum atomic E-state index is -0.951. The Morgan fingerprint density at radius 1 is 1.62 bits per heavy atom. The minimum Gasteiger partial charge on any atom is -0.468 e. The monoisotopic (exact) mass is 182 g/mol. The molecule has 0 N–H and O–H groups in total. The molecule has 72 valence electrons. The molecule has 1 aliphatic rings. The van der Waals surface area contributed by atoms with Crippen molar-refractivity contribution in [3.8, 4) is 0 Å². The first-order valence-electron chi connectivity index (χ1n) is 4.32. The number of allylic oxidation sites excluding steroid dienone is 2. The molecule has 1 rings (SSSR count). The van der Waals surface area contributed by atoms with Crippen molar-refractivity contribution in [1.29, 1.82) is 0 Å². The summed E-state index contributed by atoms with van der Waals surface area (Å²) in [7, 11) is 1.31. The van der Waals surface area contributed by atoms with E-state index in [-0.39, 0.29) is 5.78 Å². The number of ether oxygens (including phenoxy) is 1. The Bertz CT molecular complexity index is 278. The van der Waals surface area contributed by atoms with Crippen molar-refractivity contribution >= 4 is 11.8 Å². The van der Waals surface area contributed by atoms with E-state index in [4.69, 9.17) is 0 Å². The largest absolute Gasteiger partial charge is 0.468 e. The third-order valence-corrected chi connectivity index (χ3v) is 2.59. The van der Waals surface area contributed by atoms with Gasteiger partial charge >= 0.3 is 5.97 Å². The molecule has 0 radical (unpaired) electrons. The van der Waals surface area contributed by atoms with Gasteiger partial charge < -0.3 is 4.74 Å². The maximum atomic E-state index is 11.7.